The van der Waals surface area contributed by atoms with Crippen LogP contribution in [0.15, 0.2) is 42.5 Å². The van der Waals surface area contributed by atoms with Crippen molar-refractivity contribution in [2.75, 3.05) is 0 Å². The van der Waals surface area contributed by atoms with Gasteiger partial charge >= 0.3 is 5.97 Å². The van der Waals surface area contributed by atoms with E-state index in [1.54, 1.807) is 36.4 Å². The quantitative estimate of drug-likeness (QED) is 0.681. The smallest absolute Gasteiger partial charge is 0.338 e. The monoisotopic (exact) mass is 343 g/mol. The lowest BCUT2D eigenvalue weighted by molar-refractivity contribution is 0.0695. The van der Waals surface area contributed by atoms with Crippen LogP contribution in [0.4, 0.5) is 4.39 Å². The summed E-state index contributed by atoms with van der Waals surface area (Å²) in [4.78, 5) is 16.4. The van der Waals surface area contributed by atoms with Crippen LogP contribution in [0, 0.1) is 5.82 Å². The van der Waals surface area contributed by atoms with Gasteiger partial charge in [0.05, 0.1) is 16.8 Å². The molecule has 1 aromatic heterocycles. The molecule has 1 heterocycles. The topological polar surface area (TPSA) is 50.2 Å². The minimum absolute atomic E-state index is 0.0323. The zero-order chi connectivity index (χ0) is 17.4. The fraction of sp³-hybridized carbons (Fsp3) is 0.158. The minimum atomic E-state index is -1.12. The minimum Gasteiger partial charge on any atom is -0.478 e. The zero-order valence-electron chi connectivity index (χ0n) is 13.2. The summed E-state index contributed by atoms with van der Waals surface area (Å²) in [6, 6.07) is 11.1. The van der Waals surface area contributed by atoms with Gasteiger partial charge in [-0.25, -0.2) is 9.18 Å². The standard InChI is InChI=1S/C19H15ClFNO2/c1-10(2)18-17(19(23)24)16(12-5-3-4-6-14(12)21)13-8-7-11(20)9-15(13)22-18/h3-10H,1-2H3,(H,23,24). The van der Waals surface area contributed by atoms with Gasteiger partial charge in [-0.3, -0.25) is 4.98 Å². The number of hydrogen-bond acceptors (Lipinski definition) is 2. The maximum Gasteiger partial charge on any atom is 0.338 e. The number of halogens is 2. The fourth-order valence-corrected chi connectivity index (χ4v) is 3.00. The number of pyridine rings is 1. The van der Waals surface area contributed by atoms with Crippen molar-refractivity contribution < 1.29 is 14.3 Å². The third-order valence-corrected chi connectivity index (χ3v) is 4.12. The van der Waals surface area contributed by atoms with Crippen LogP contribution in [0.2, 0.25) is 5.02 Å². The number of fused-ring (bicyclic) bond motifs is 1. The van der Waals surface area contributed by atoms with Crippen LogP contribution in [0.25, 0.3) is 22.0 Å². The molecule has 24 heavy (non-hydrogen) atoms. The molecule has 0 bridgehead atoms. The third-order valence-electron chi connectivity index (χ3n) is 3.88. The number of hydrogen-bond donors (Lipinski definition) is 1. The van der Waals surface area contributed by atoms with E-state index in [-0.39, 0.29) is 17.0 Å². The van der Waals surface area contributed by atoms with Crippen LogP contribution in [0.1, 0.15) is 35.8 Å². The lowest BCUT2D eigenvalue weighted by Crippen LogP contribution is -2.10. The van der Waals surface area contributed by atoms with Gasteiger partial charge in [-0.05, 0) is 24.1 Å². The third kappa shape index (κ3) is 2.74. The van der Waals surface area contributed by atoms with Crippen molar-refractivity contribution >= 4 is 28.5 Å². The van der Waals surface area contributed by atoms with Crippen molar-refractivity contribution in [3.63, 3.8) is 0 Å². The van der Waals surface area contributed by atoms with E-state index in [9.17, 15) is 14.3 Å². The van der Waals surface area contributed by atoms with E-state index >= 15 is 0 Å². The Morgan fingerprint density at radius 2 is 1.92 bits per heavy atom. The van der Waals surface area contributed by atoms with Gasteiger partial charge in [0, 0.05) is 21.5 Å². The average molecular weight is 344 g/mol. The molecule has 2 aromatic carbocycles. The number of carbonyl (C=O) groups is 1. The Labute approximate surface area is 143 Å². The molecule has 3 aromatic rings. The molecule has 0 unspecified atom stereocenters. The molecular weight excluding hydrogens is 329 g/mol. The van der Waals surface area contributed by atoms with Crippen LogP contribution in [-0.4, -0.2) is 16.1 Å². The normalized spacial score (nSPS) is 11.2. The SMILES string of the molecule is CC(C)c1nc2cc(Cl)ccc2c(-c2ccccc2F)c1C(=O)O. The molecule has 0 atom stereocenters. The van der Waals surface area contributed by atoms with E-state index in [0.717, 1.165) is 0 Å². The highest BCUT2D eigenvalue weighted by atomic mass is 35.5. The number of nitrogens with zero attached hydrogens (tertiary/aromatic N) is 1. The summed E-state index contributed by atoms with van der Waals surface area (Å²) in [5, 5.41) is 10.8. The molecule has 0 spiro atoms. The van der Waals surface area contributed by atoms with Crippen molar-refractivity contribution in [1.82, 2.24) is 4.98 Å². The second-order valence-corrected chi connectivity index (χ2v) is 6.28. The highest BCUT2D eigenvalue weighted by molar-refractivity contribution is 6.31. The first kappa shape index (κ1) is 16.4. The highest BCUT2D eigenvalue weighted by Crippen LogP contribution is 2.37. The molecule has 0 saturated heterocycles. The fourth-order valence-electron chi connectivity index (χ4n) is 2.84. The number of aromatic carboxylic acids is 1. The molecular formula is C19H15ClFNO2. The first-order chi connectivity index (χ1) is 11.4. The number of benzene rings is 2. The highest BCUT2D eigenvalue weighted by Gasteiger charge is 2.24. The largest absolute Gasteiger partial charge is 0.478 e. The summed E-state index contributed by atoms with van der Waals surface area (Å²) >= 11 is 6.05. The molecule has 0 aliphatic rings. The lowest BCUT2D eigenvalue weighted by Gasteiger charge is -2.17. The Morgan fingerprint density at radius 3 is 2.54 bits per heavy atom. The van der Waals surface area contributed by atoms with Crippen molar-refractivity contribution in [2.24, 2.45) is 0 Å². The second-order valence-electron chi connectivity index (χ2n) is 5.85. The number of aromatic nitrogens is 1. The summed E-state index contributed by atoms with van der Waals surface area (Å²) in [6.07, 6.45) is 0. The van der Waals surface area contributed by atoms with Crippen molar-refractivity contribution in [3.8, 4) is 11.1 Å². The van der Waals surface area contributed by atoms with Gasteiger partial charge in [-0.15, -0.1) is 0 Å². The summed E-state index contributed by atoms with van der Waals surface area (Å²) in [5.41, 5.74) is 1.58. The van der Waals surface area contributed by atoms with Crippen LogP contribution < -0.4 is 0 Å². The van der Waals surface area contributed by atoms with Crippen LogP contribution >= 0.6 is 11.6 Å². The van der Waals surface area contributed by atoms with Gasteiger partial charge in [0.2, 0.25) is 0 Å². The predicted molar refractivity (Wildman–Crippen MR) is 93.2 cm³/mol. The number of carboxylic acids is 1. The molecule has 0 aliphatic carbocycles. The summed E-state index contributed by atoms with van der Waals surface area (Å²) < 4.78 is 14.4. The van der Waals surface area contributed by atoms with E-state index in [1.165, 1.54) is 6.07 Å². The van der Waals surface area contributed by atoms with Gasteiger partial charge in [0.15, 0.2) is 0 Å². The molecule has 0 fully saturated rings. The molecule has 122 valence electrons. The Morgan fingerprint density at radius 1 is 1.21 bits per heavy atom. The summed E-state index contributed by atoms with van der Waals surface area (Å²) in [7, 11) is 0. The Balaban J connectivity index is 2.54. The van der Waals surface area contributed by atoms with E-state index in [1.807, 2.05) is 13.8 Å². The second kappa shape index (κ2) is 6.21. The number of carboxylic acid groups (broad SMARTS) is 1. The molecule has 5 heteroatoms. The van der Waals surface area contributed by atoms with E-state index < -0.39 is 11.8 Å². The molecule has 0 radical (unpaired) electrons. The Hall–Kier alpha value is -2.46. The predicted octanol–water partition coefficient (Wildman–Crippen LogP) is 5.52. The molecule has 0 amide bonds. The van der Waals surface area contributed by atoms with Gasteiger partial charge in [0.1, 0.15) is 5.82 Å². The zero-order valence-corrected chi connectivity index (χ0v) is 13.9. The van der Waals surface area contributed by atoms with Crippen LogP contribution in [0.3, 0.4) is 0 Å². The lowest BCUT2D eigenvalue weighted by atomic mass is 9.91. The average Bonchev–Trinajstić information content (AvgIpc) is 2.53. The van der Waals surface area contributed by atoms with Crippen LogP contribution in [-0.2, 0) is 0 Å². The number of rotatable bonds is 3. The maximum atomic E-state index is 14.4. The van der Waals surface area contributed by atoms with E-state index in [2.05, 4.69) is 4.98 Å². The van der Waals surface area contributed by atoms with E-state index in [4.69, 9.17) is 11.6 Å². The maximum absolute atomic E-state index is 14.4. The summed E-state index contributed by atoms with van der Waals surface area (Å²) in [6.45, 7) is 3.71. The van der Waals surface area contributed by atoms with Crippen LogP contribution in [0.5, 0.6) is 0 Å². The molecule has 1 N–H and O–H groups in total. The van der Waals surface area contributed by atoms with Gasteiger partial charge in [-0.2, -0.15) is 0 Å². The summed E-state index contributed by atoms with van der Waals surface area (Å²) in [5.74, 6) is -1.73. The molecule has 0 aliphatic heterocycles. The van der Waals surface area contributed by atoms with Crippen molar-refractivity contribution in [3.05, 3.63) is 64.6 Å². The molecule has 0 saturated carbocycles. The van der Waals surface area contributed by atoms with E-state index in [0.29, 0.717) is 27.2 Å². The first-order valence-corrected chi connectivity index (χ1v) is 7.89. The molecule has 3 rings (SSSR count). The Kier molecular flexibility index (Phi) is 4.24. The molecule has 3 nitrogen and oxygen atoms in total. The van der Waals surface area contributed by atoms with Gasteiger partial charge in [0.25, 0.3) is 0 Å². The van der Waals surface area contributed by atoms with Gasteiger partial charge in [-0.1, -0.05) is 49.7 Å². The Bertz CT molecular complexity index is 953. The van der Waals surface area contributed by atoms with Crippen molar-refractivity contribution in [2.45, 2.75) is 19.8 Å². The first-order valence-electron chi connectivity index (χ1n) is 7.51. The van der Waals surface area contributed by atoms with Gasteiger partial charge < -0.3 is 5.11 Å². The van der Waals surface area contributed by atoms with Crippen molar-refractivity contribution in [1.29, 1.82) is 0 Å².